The van der Waals surface area contributed by atoms with Gasteiger partial charge in [0.05, 0.1) is 0 Å². The summed E-state index contributed by atoms with van der Waals surface area (Å²) in [5, 5.41) is 0. The van der Waals surface area contributed by atoms with Crippen molar-refractivity contribution in [1.29, 1.82) is 0 Å². The van der Waals surface area contributed by atoms with E-state index >= 15 is 0 Å². The summed E-state index contributed by atoms with van der Waals surface area (Å²) in [6.45, 7) is 4.65. The van der Waals surface area contributed by atoms with Crippen LogP contribution in [0.1, 0.15) is 26.7 Å². The largest absolute Gasteiger partial charge is 0.461 e. The molecule has 0 amide bonds. The highest BCUT2D eigenvalue weighted by Gasteiger charge is 2.51. The summed E-state index contributed by atoms with van der Waals surface area (Å²) >= 11 is 0. The minimum Gasteiger partial charge on any atom is -0.461 e. The molecule has 1 aliphatic carbocycles. The van der Waals surface area contributed by atoms with Gasteiger partial charge in [0, 0.05) is 5.92 Å². The first kappa shape index (κ1) is 6.59. The third-order valence-corrected chi connectivity index (χ3v) is 2.17. The minimum atomic E-state index is -0.101. The fourth-order valence-corrected chi connectivity index (χ4v) is 1.26. The van der Waals surface area contributed by atoms with Crippen LogP contribution in [0.15, 0.2) is 0 Å². The van der Waals surface area contributed by atoms with E-state index in [0.717, 1.165) is 12.8 Å². The van der Waals surface area contributed by atoms with E-state index in [4.69, 9.17) is 4.74 Å². The van der Waals surface area contributed by atoms with Gasteiger partial charge in [0.15, 0.2) is 0 Å². The quantitative estimate of drug-likeness (QED) is 0.536. The summed E-state index contributed by atoms with van der Waals surface area (Å²) in [6.07, 6.45) is 2.16. The highest BCUT2D eigenvalue weighted by molar-refractivity contribution is 5.39. The van der Waals surface area contributed by atoms with Crippen molar-refractivity contribution in [3.05, 3.63) is 0 Å². The number of rotatable bonds is 3. The zero-order chi connectivity index (χ0) is 6.91. The summed E-state index contributed by atoms with van der Waals surface area (Å²) < 4.78 is 4.86. The van der Waals surface area contributed by atoms with Gasteiger partial charge in [0.1, 0.15) is 5.60 Å². The van der Waals surface area contributed by atoms with Crippen molar-refractivity contribution in [2.24, 2.45) is 5.92 Å². The lowest BCUT2D eigenvalue weighted by atomic mass is 10.2. The molecule has 1 saturated carbocycles. The molecule has 1 aliphatic rings. The van der Waals surface area contributed by atoms with Gasteiger partial charge in [-0.3, -0.25) is 4.79 Å². The summed E-state index contributed by atoms with van der Waals surface area (Å²) in [5.41, 5.74) is -0.101. The Morgan fingerprint density at radius 1 is 1.89 bits per heavy atom. The second-order valence-electron chi connectivity index (χ2n) is 2.84. The van der Waals surface area contributed by atoms with E-state index < -0.39 is 0 Å². The van der Waals surface area contributed by atoms with Crippen molar-refractivity contribution >= 4 is 6.47 Å². The van der Waals surface area contributed by atoms with Crippen molar-refractivity contribution in [1.82, 2.24) is 0 Å². The summed E-state index contributed by atoms with van der Waals surface area (Å²) in [4.78, 5) is 9.90. The number of hydrogen-bond acceptors (Lipinski definition) is 2. The van der Waals surface area contributed by atoms with Crippen molar-refractivity contribution in [2.45, 2.75) is 32.3 Å². The molecular formula is C7H12O2. The van der Waals surface area contributed by atoms with Crippen LogP contribution in [-0.2, 0) is 9.53 Å². The predicted molar refractivity (Wildman–Crippen MR) is 34.0 cm³/mol. The SMILES string of the molecule is CCC1CC1(C)OC=O. The van der Waals surface area contributed by atoms with E-state index in [1.165, 1.54) is 0 Å². The zero-order valence-electron chi connectivity index (χ0n) is 5.89. The Morgan fingerprint density at radius 2 is 2.56 bits per heavy atom. The Morgan fingerprint density at radius 3 is 2.89 bits per heavy atom. The lowest BCUT2D eigenvalue weighted by molar-refractivity contribution is -0.135. The second-order valence-corrected chi connectivity index (χ2v) is 2.84. The molecule has 0 aliphatic heterocycles. The van der Waals surface area contributed by atoms with Gasteiger partial charge >= 0.3 is 0 Å². The van der Waals surface area contributed by atoms with Crippen molar-refractivity contribution in [3.8, 4) is 0 Å². The van der Waals surface area contributed by atoms with E-state index in [0.29, 0.717) is 12.4 Å². The van der Waals surface area contributed by atoms with E-state index in [2.05, 4.69) is 6.92 Å². The molecule has 1 rings (SSSR count). The van der Waals surface area contributed by atoms with Crippen molar-refractivity contribution in [3.63, 3.8) is 0 Å². The van der Waals surface area contributed by atoms with Crippen LogP contribution in [0.4, 0.5) is 0 Å². The first-order chi connectivity index (χ1) is 4.23. The monoisotopic (exact) mass is 128 g/mol. The lowest BCUT2D eigenvalue weighted by Crippen LogP contribution is -2.10. The molecule has 0 aromatic rings. The Kier molecular flexibility index (Phi) is 1.47. The third kappa shape index (κ3) is 1.07. The molecule has 0 heterocycles. The molecule has 9 heavy (non-hydrogen) atoms. The molecule has 0 N–H and O–H groups in total. The maximum Gasteiger partial charge on any atom is 0.293 e. The summed E-state index contributed by atoms with van der Waals surface area (Å²) in [6, 6.07) is 0. The first-order valence-corrected chi connectivity index (χ1v) is 3.34. The van der Waals surface area contributed by atoms with Crippen LogP contribution in [0.5, 0.6) is 0 Å². The maximum absolute atomic E-state index is 9.90. The highest BCUT2D eigenvalue weighted by Crippen LogP contribution is 2.47. The van der Waals surface area contributed by atoms with E-state index in [9.17, 15) is 4.79 Å². The molecular weight excluding hydrogens is 116 g/mol. The van der Waals surface area contributed by atoms with Crippen molar-refractivity contribution in [2.75, 3.05) is 0 Å². The molecule has 0 aromatic heterocycles. The van der Waals surface area contributed by atoms with Gasteiger partial charge in [-0.25, -0.2) is 0 Å². The van der Waals surface area contributed by atoms with Crippen molar-refractivity contribution < 1.29 is 9.53 Å². The third-order valence-electron chi connectivity index (χ3n) is 2.17. The maximum atomic E-state index is 9.90. The highest BCUT2D eigenvalue weighted by atomic mass is 16.5. The Bertz CT molecular complexity index is 122. The number of carbonyl (C=O) groups excluding carboxylic acids is 1. The molecule has 2 unspecified atom stereocenters. The van der Waals surface area contributed by atoms with Crippen LogP contribution in [0.3, 0.4) is 0 Å². The molecule has 52 valence electrons. The molecule has 0 aromatic carbocycles. The average molecular weight is 128 g/mol. The molecule has 0 spiro atoms. The first-order valence-electron chi connectivity index (χ1n) is 3.34. The second kappa shape index (κ2) is 2.01. The number of carbonyl (C=O) groups is 1. The smallest absolute Gasteiger partial charge is 0.293 e. The standard InChI is InChI=1S/C7H12O2/c1-3-6-4-7(6,2)9-5-8/h5-6H,3-4H2,1-2H3. The van der Waals surface area contributed by atoms with E-state index in [1.54, 1.807) is 0 Å². The average Bonchev–Trinajstić information content (AvgIpc) is 2.43. The van der Waals surface area contributed by atoms with Gasteiger partial charge < -0.3 is 4.74 Å². The summed E-state index contributed by atoms with van der Waals surface area (Å²) in [7, 11) is 0. The van der Waals surface area contributed by atoms with Gasteiger partial charge in [0.25, 0.3) is 6.47 Å². The van der Waals surface area contributed by atoms with Crippen LogP contribution >= 0.6 is 0 Å². The lowest BCUT2D eigenvalue weighted by Gasteiger charge is -2.06. The van der Waals surface area contributed by atoms with E-state index in [1.807, 2.05) is 6.92 Å². The molecule has 2 nitrogen and oxygen atoms in total. The van der Waals surface area contributed by atoms with Crippen LogP contribution in [0.25, 0.3) is 0 Å². The predicted octanol–water partition coefficient (Wildman–Crippen LogP) is 1.35. The van der Waals surface area contributed by atoms with Gasteiger partial charge in [-0.15, -0.1) is 0 Å². The topological polar surface area (TPSA) is 26.3 Å². The normalized spacial score (nSPS) is 40.0. The molecule has 0 saturated heterocycles. The Balaban J connectivity index is 2.32. The van der Waals surface area contributed by atoms with Gasteiger partial charge in [-0.2, -0.15) is 0 Å². The van der Waals surface area contributed by atoms with Crippen LogP contribution in [0.2, 0.25) is 0 Å². The number of hydrogen-bond donors (Lipinski definition) is 0. The molecule has 0 bridgehead atoms. The van der Waals surface area contributed by atoms with Crippen LogP contribution in [0, 0.1) is 5.92 Å². The van der Waals surface area contributed by atoms with Crippen LogP contribution < -0.4 is 0 Å². The Hall–Kier alpha value is -0.530. The molecule has 2 heteroatoms. The van der Waals surface area contributed by atoms with E-state index in [-0.39, 0.29) is 5.60 Å². The molecule has 2 atom stereocenters. The zero-order valence-corrected chi connectivity index (χ0v) is 5.89. The van der Waals surface area contributed by atoms with Gasteiger partial charge in [0.2, 0.25) is 0 Å². The fourth-order valence-electron chi connectivity index (χ4n) is 1.26. The van der Waals surface area contributed by atoms with Crippen LogP contribution in [-0.4, -0.2) is 12.1 Å². The minimum absolute atomic E-state index is 0.101. The van der Waals surface area contributed by atoms with Gasteiger partial charge in [-0.05, 0) is 19.8 Å². The fraction of sp³-hybridized carbons (Fsp3) is 0.857. The molecule has 1 fully saturated rings. The Labute approximate surface area is 55.2 Å². The number of ether oxygens (including phenoxy) is 1. The van der Waals surface area contributed by atoms with Gasteiger partial charge in [-0.1, -0.05) is 6.92 Å². The summed E-state index contributed by atoms with van der Waals surface area (Å²) in [5.74, 6) is 0.614. The molecule has 0 radical (unpaired) electrons.